The Morgan fingerprint density at radius 2 is 1.27 bits per heavy atom. The summed E-state index contributed by atoms with van der Waals surface area (Å²) in [4.78, 5) is 25.7. The number of sulfone groups is 1. The van der Waals surface area contributed by atoms with Gasteiger partial charge < -0.3 is 10.2 Å². The summed E-state index contributed by atoms with van der Waals surface area (Å²) in [5, 5.41) is 21.6. The minimum Gasteiger partial charge on any atom is -0.506 e. The molecule has 6 nitrogen and oxygen atoms in total. The van der Waals surface area contributed by atoms with Crippen LogP contribution in [0.15, 0.2) is 47.4 Å². The molecule has 0 aromatic heterocycles. The van der Waals surface area contributed by atoms with E-state index in [0.717, 1.165) is 12.3 Å². The zero-order valence-electron chi connectivity index (χ0n) is 13.5. The number of aromatic hydroxyl groups is 2. The molecular weight excluding hydrogens is 356 g/mol. The molecule has 0 heterocycles. The van der Waals surface area contributed by atoms with E-state index in [2.05, 4.69) is 0 Å². The van der Waals surface area contributed by atoms with Crippen LogP contribution in [0.2, 0.25) is 0 Å². The topological polar surface area (TPSA) is 109 Å². The average Bonchev–Trinajstić information content (AvgIpc) is 2.61. The second-order valence-electron chi connectivity index (χ2n) is 6.13. The molecule has 0 fully saturated rings. The Morgan fingerprint density at radius 3 is 1.77 bits per heavy atom. The van der Waals surface area contributed by atoms with Gasteiger partial charge in [0.25, 0.3) is 0 Å². The zero-order chi connectivity index (χ0) is 18.8. The third kappa shape index (κ3) is 2.07. The maximum atomic E-state index is 12.9. The van der Waals surface area contributed by atoms with Gasteiger partial charge >= 0.3 is 0 Å². The van der Waals surface area contributed by atoms with E-state index in [0.29, 0.717) is 0 Å². The number of rotatable bonds is 1. The first-order valence-corrected chi connectivity index (χ1v) is 9.51. The van der Waals surface area contributed by atoms with Crippen molar-refractivity contribution < 1.29 is 28.2 Å². The zero-order valence-corrected chi connectivity index (χ0v) is 14.3. The van der Waals surface area contributed by atoms with Crippen molar-refractivity contribution in [2.45, 2.75) is 4.90 Å². The van der Waals surface area contributed by atoms with Gasteiger partial charge in [-0.25, -0.2) is 8.42 Å². The third-order valence-corrected chi connectivity index (χ3v) is 5.63. The summed E-state index contributed by atoms with van der Waals surface area (Å²) in [7, 11) is -3.58. The highest BCUT2D eigenvalue weighted by atomic mass is 32.2. The third-order valence-electron chi connectivity index (χ3n) is 4.52. The summed E-state index contributed by atoms with van der Waals surface area (Å²) in [6.45, 7) is 0. The Bertz CT molecular complexity index is 1250. The minimum absolute atomic E-state index is 0.0140. The number of phenolic OH excluding ortho intramolecular Hbond substituents is 2. The van der Waals surface area contributed by atoms with Gasteiger partial charge in [0.1, 0.15) is 11.5 Å². The van der Waals surface area contributed by atoms with Crippen molar-refractivity contribution in [2.24, 2.45) is 0 Å². The Balaban J connectivity index is 2.10. The van der Waals surface area contributed by atoms with Gasteiger partial charge in [-0.3, -0.25) is 9.59 Å². The van der Waals surface area contributed by atoms with Crippen LogP contribution in [-0.2, 0) is 9.84 Å². The lowest BCUT2D eigenvalue weighted by molar-refractivity contribution is 0.0974. The fourth-order valence-electron chi connectivity index (χ4n) is 3.25. The molecule has 130 valence electrons. The molecule has 0 atom stereocenters. The second kappa shape index (κ2) is 5.15. The van der Waals surface area contributed by atoms with Gasteiger partial charge in [0, 0.05) is 28.2 Å². The maximum Gasteiger partial charge on any atom is 0.198 e. The molecule has 1 aliphatic rings. The lowest BCUT2D eigenvalue weighted by atomic mass is 9.81. The first kappa shape index (κ1) is 16.3. The van der Waals surface area contributed by atoms with Crippen molar-refractivity contribution in [3.8, 4) is 11.5 Å². The SMILES string of the molecule is CS(=O)(=O)c1ccc2c(c1)C(=O)c1c(c(O)c3ccccc3c1O)C2=O. The van der Waals surface area contributed by atoms with Crippen LogP contribution in [0.25, 0.3) is 10.8 Å². The van der Waals surface area contributed by atoms with Crippen LogP contribution in [0.4, 0.5) is 0 Å². The molecule has 0 aliphatic heterocycles. The van der Waals surface area contributed by atoms with Crippen molar-refractivity contribution in [3.63, 3.8) is 0 Å². The molecular formula is C19H12O6S. The summed E-state index contributed by atoms with van der Waals surface area (Å²) in [6.07, 6.45) is 0.995. The quantitative estimate of drug-likeness (QED) is 0.500. The van der Waals surface area contributed by atoms with Crippen LogP contribution in [-0.4, -0.2) is 36.5 Å². The molecule has 0 bridgehead atoms. The summed E-state index contributed by atoms with van der Waals surface area (Å²) >= 11 is 0. The number of hydrogen-bond donors (Lipinski definition) is 2. The number of fused-ring (bicyclic) bond motifs is 3. The molecule has 0 unspecified atom stereocenters. The van der Waals surface area contributed by atoms with Crippen LogP contribution >= 0.6 is 0 Å². The van der Waals surface area contributed by atoms with Crippen LogP contribution in [0.3, 0.4) is 0 Å². The maximum absolute atomic E-state index is 12.9. The smallest absolute Gasteiger partial charge is 0.198 e. The summed E-state index contributed by atoms with van der Waals surface area (Å²) in [5.74, 6) is -2.15. The van der Waals surface area contributed by atoms with E-state index in [4.69, 9.17) is 0 Å². The fraction of sp³-hybridized carbons (Fsp3) is 0.0526. The van der Waals surface area contributed by atoms with Crippen molar-refractivity contribution in [1.29, 1.82) is 0 Å². The number of phenols is 2. The monoisotopic (exact) mass is 368 g/mol. The molecule has 26 heavy (non-hydrogen) atoms. The molecule has 3 aromatic carbocycles. The fourth-order valence-corrected chi connectivity index (χ4v) is 3.90. The van der Waals surface area contributed by atoms with Gasteiger partial charge in [-0.15, -0.1) is 0 Å². The number of benzene rings is 3. The van der Waals surface area contributed by atoms with Crippen LogP contribution in [0.1, 0.15) is 31.8 Å². The normalized spacial score (nSPS) is 13.6. The lowest BCUT2D eigenvalue weighted by Gasteiger charge is -2.21. The van der Waals surface area contributed by atoms with E-state index in [1.165, 1.54) is 24.3 Å². The molecule has 7 heteroatoms. The highest BCUT2D eigenvalue weighted by Gasteiger charge is 2.36. The van der Waals surface area contributed by atoms with E-state index in [-0.39, 0.29) is 43.7 Å². The van der Waals surface area contributed by atoms with Gasteiger partial charge in [-0.1, -0.05) is 24.3 Å². The Hall–Kier alpha value is -3.19. The van der Waals surface area contributed by atoms with Gasteiger partial charge in [0.05, 0.1) is 16.0 Å². The molecule has 1 aliphatic carbocycles. The summed E-state index contributed by atoms with van der Waals surface area (Å²) in [6, 6.07) is 9.92. The molecule has 0 amide bonds. The highest BCUT2D eigenvalue weighted by Crippen LogP contribution is 2.44. The Kier molecular flexibility index (Phi) is 3.23. The molecule has 3 aromatic rings. The predicted octanol–water partition coefficient (Wildman–Crippen LogP) is 2.43. The molecule has 0 radical (unpaired) electrons. The van der Waals surface area contributed by atoms with E-state index in [1.807, 2.05) is 0 Å². The van der Waals surface area contributed by atoms with E-state index in [1.54, 1.807) is 12.1 Å². The second-order valence-corrected chi connectivity index (χ2v) is 8.15. The number of ketones is 2. The van der Waals surface area contributed by atoms with Crippen molar-refractivity contribution in [1.82, 2.24) is 0 Å². The van der Waals surface area contributed by atoms with Gasteiger partial charge in [0.15, 0.2) is 21.4 Å². The number of hydrogen-bond acceptors (Lipinski definition) is 6. The first-order chi connectivity index (χ1) is 12.2. The molecule has 0 saturated heterocycles. The molecule has 4 rings (SSSR count). The summed E-state index contributed by atoms with van der Waals surface area (Å²) in [5.41, 5.74) is -0.717. The van der Waals surface area contributed by atoms with Crippen molar-refractivity contribution in [3.05, 3.63) is 64.7 Å². The molecule has 2 N–H and O–H groups in total. The average molecular weight is 368 g/mol. The van der Waals surface area contributed by atoms with Crippen molar-refractivity contribution in [2.75, 3.05) is 6.26 Å². The van der Waals surface area contributed by atoms with Crippen LogP contribution < -0.4 is 0 Å². The number of carbonyl (C=O) groups excluding carboxylic acids is 2. The van der Waals surface area contributed by atoms with E-state index >= 15 is 0 Å². The molecule has 0 spiro atoms. The Labute approximate surface area is 148 Å². The van der Waals surface area contributed by atoms with Gasteiger partial charge in [-0.05, 0) is 18.2 Å². The standard InChI is InChI=1S/C19H12O6S/c1-26(24,25)9-6-7-12-13(8-9)19(23)15-14(18(12)22)16(20)10-4-2-3-5-11(10)17(15)21/h2-8,20-21H,1H3. The van der Waals surface area contributed by atoms with Crippen LogP contribution in [0.5, 0.6) is 11.5 Å². The van der Waals surface area contributed by atoms with Crippen molar-refractivity contribution >= 4 is 32.2 Å². The first-order valence-electron chi connectivity index (χ1n) is 7.62. The largest absolute Gasteiger partial charge is 0.506 e. The van der Waals surface area contributed by atoms with E-state index < -0.39 is 27.2 Å². The van der Waals surface area contributed by atoms with Gasteiger partial charge in [-0.2, -0.15) is 0 Å². The van der Waals surface area contributed by atoms with Crippen LogP contribution in [0, 0.1) is 0 Å². The lowest BCUT2D eigenvalue weighted by Crippen LogP contribution is -2.22. The molecule has 0 saturated carbocycles. The van der Waals surface area contributed by atoms with Gasteiger partial charge in [0.2, 0.25) is 0 Å². The number of carbonyl (C=O) groups is 2. The van der Waals surface area contributed by atoms with E-state index in [9.17, 15) is 28.2 Å². The predicted molar refractivity (Wildman–Crippen MR) is 93.7 cm³/mol. The minimum atomic E-state index is -3.58. The summed E-state index contributed by atoms with van der Waals surface area (Å²) < 4.78 is 23.5. The highest BCUT2D eigenvalue weighted by molar-refractivity contribution is 7.90. The Morgan fingerprint density at radius 1 is 0.769 bits per heavy atom.